The first kappa shape index (κ1) is 18.4. The van der Waals surface area contributed by atoms with Crippen LogP contribution in [0.3, 0.4) is 0 Å². The Balaban J connectivity index is 1.41. The van der Waals surface area contributed by atoms with Gasteiger partial charge in [0.2, 0.25) is 5.91 Å². The van der Waals surface area contributed by atoms with Crippen LogP contribution in [0.15, 0.2) is 30.3 Å². The molecule has 2 fully saturated rings. The van der Waals surface area contributed by atoms with Crippen LogP contribution in [0.5, 0.6) is 0 Å². The van der Waals surface area contributed by atoms with Gasteiger partial charge >= 0.3 is 0 Å². The van der Waals surface area contributed by atoms with Crippen molar-refractivity contribution in [2.45, 2.75) is 57.3 Å². The summed E-state index contributed by atoms with van der Waals surface area (Å²) in [5.74, 6) is 0.107. The number of piperidine rings is 2. The molecule has 0 aliphatic carbocycles. The second-order valence-corrected chi connectivity index (χ2v) is 7.51. The lowest BCUT2D eigenvalue weighted by Gasteiger charge is -2.36. The highest BCUT2D eigenvalue weighted by atomic mass is 16.3. The maximum absolute atomic E-state index is 12.5. The molecule has 1 aromatic rings. The fourth-order valence-electron chi connectivity index (χ4n) is 3.90. The Morgan fingerprint density at radius 1 is 1.20 bits per heavy atom. The van der Waals surface area contributed by atoms with Gasteiger partial charge in [0.15, 0.2) is 0 Å². The number of β-amino-alcohol motifs (C(OH)–C–C–N with tert-alkyl or cyclic N) is 1. The molecule has 0 bridgehead atoms. The Kier molecular flexibility index (Phi) is 6.45. The molecule has 3 rings (SSSR count). The van der Waals surface area contributed by atoms with Crippen molar-refractivity contribution in [2.75, 3.05) is 26.2 Å². The molecular formula is C20H31N3O2. The Morgan fingerprint density at radius 3 is 2.60 bits per heavy atom. The monoisotopic (exact) mass is 345 g/mol. The summed E-state index contributed by atoms with van der Waals surface area (Å²) in [6.45, 7) is 6.51. The molecule has 1 aromatic carbocycles. The summed E-state index contributed by atoms with van der Waals surface area (Å²) in [5.41, 5.74) is 1.35. The third-order valence-corrected chi connectivity index (χ3v) is 5.54. The molecule has 2 heterocycles. The Morgan fingerprint density at radius 2 is 1.92 bits per heavy atom. The first-order valence-corrected chi connectivity index (χ1v) is 9.60. The van der Waals surface area contributed by atoms with Crippen molar-refractivity contribution in [3.05, 3.63) is 35.9 Å². The van der Waals surface area contributed by atoms with Gasteiger partial charge in [-0.3, -0.25) is 14.6 Å². The average molecular weight is 345 g/mol. The predicted molar refractivity (Wildman–Crippen MR) is 99.2 cm³/mol. The predicted octanol–water partition coefficient (Wildman–Crippen LogP) is 1.61. The minimum absolute atomic E-state index is 0.107. The molecule has 0 saturated carbocycles. The molecule has 5 heteroatoms. The summed E-state index contributed by atoms with van der Waals surface area (Å²) in [6.07, 6.45) is 3.55. The molecule has 2 saturated heterocycles. The normalized spacial score (nSPS) is 24.8. The van der Waals surface area contributed by atoms with E-state index in [-0.39, 0.29) is 24.1 Å². The van der Waals surface area contributed by atoms with E-state index < -0.39 is 0 Å². The zero-order valence-electron chi connectivity index (χ0n) is 15.2. The fraction of sp³-hybridized carbons (Fsp3) is 0.650. The van der Waals surface area contributed by atoms with Crippen LogP contribution in [0.25, 0.3) is 0 Å². The van der Waals surface area contributed by atoms with E-state index in [0.29, 0.717) is 6.54 Å². The second kappa shape index (κ2) is 8.79. The average Bonchev–Trinajstić information content (AvgIpc) is 2.63. The summed E-state index contributed by atoms with van der Waals surface area (Å²) < 4.78 is 0. The molecule has 0 aromatic heterocycles. The Labute approximate surface area is 151 Å². The van der Waals surface area contributed by atoms with Gasteiger partial charge in [-0.15, -0.1) is 0 Å². The number of amides is 1. The van der Waals surface area contributed by atoms with Crippen LogP contribution < -0.4 is 5.32 Å². The molecule has 25 heavy (non-hydrogen) atoms. The molecule has 2 unspecified atom stereocenters. The summed E-state index contributed by atoms with van der Waals surface area (Å²) in [4.78, 5) is 17.1. The molecule has 2 aliphatic heterocycles. The first-order chi connectivity index (χ1) is 12.1. The van der Waals surface area contributed by atoms with E-state index in [1.54, 1.807) is 0 Å². The number of aliphatic hydroxyl groups is 1. The van der Waals surface area contributed by atoms with E-state index in [9.17, 15) is 9.90 Å². The number of aliphatic hydroxyl groups excluding tert-OH is 1. The smallest absolute Gasteiger partial charge is 0.237 e. The molecule has 2 aliphatic rings. The SMILES string of the molecule is CC(C(=O)NC1CCN(Cc2ccccc2)CC1)N1CCCC(O)C1. The molecule has 2 atom stereocenters. The van der Waals surface area contributed by atoms with Crippen LogP contribution in [0.4, 0.5) is 0 Å². The van der Waals surface area contributed by atoms with Gasteiger partial charge in [0.1, 0.15) is 0 Å². The zero-order valence-corrected chi connectivity index (χ0v) is 15.2. The number of rotatable bonds is 5. The van der Waals surface area contributed by atoms with Gasteiger partial charge in [0.05, 0.1) is 12.1 Å². The molecular weight excluding hydrogens is 314 g/mol. The molecule has 0 radical (unpaired) electrons. The number of likely N-dealkylation sites (tertiary alicyclic amines) is 2. The number of carbonyl (C=O) groups excluding carboxylic acids is 1. The third-order valence-electron chi connectivity index (χ3n) is 5.54. The van der Waals surface area contributed by atoms with Crippen LogP contribution in [0.2, 0.25) is 0 Å². The number of hydrogen-bond acceptors (Lipinski definition) is 4. The second-order valence-electron chi connectivity index (χ2n) is 7.51. The lowest BCUT2D eigenvalue weighted by atomic mass is 10.0. The summed E-state index contributed by atoms with van der Waals surface area (Å²) in [7, 11) is 0. The minimum atomic E-state index is -0.287. The number of nitrogens with one attached hydrogen (secondary N) is 1. The highest BCUT2D eigenvalue weighted by molar-refractivity contribution is 5.81. The van der Waals surface area contributed by atoms with E-state index in [0.717, 1.165) is 51.9 Å². The molecule has 2 N–H and O–H groups in total. The zero-order chi connectivity index (χ0) is 17.6. The van der Waals surface area contributed by atoms with Crippen LogP contribution in [0.1, 0.15) is 38.2 Å². The summed E-state index contributed by atoms with van der Waals surface area (Å²) in [5, 5.41) is 13.0. The Hall–Kier alpha value is -1.43. The minimum Gasteiger partial charge on any atom is -0.392 e. The van der Waals surface area contributed by atoms with Gasteiger partial charge < -0.3 is 10.4 Å². The van der Waals surface area contributed by atoms with Crippen molar-refractivity contribution in [2.24, 2.45) is 0 Å². The fourth-order valence-corrected chi connectivity index (χ4v) is 3.90. The van der Waals surface area contributed by atoms with Gasteiger partial charge in [-0.25, -0.2) is 0 Å². The summed E-state index contributed by atoms with van der Waals surface area (Å²) in [6, 6.07) is 10.7. The number of benzene rings is 1. The lowest BCUT2D eigenvalue weighted by molar-refractivity contribution is -0.128. The maximum atomic E-state index is 12.5. The topological polar surface area (TPSA) is 55.8 Å². The highest BCUT2D eigenvalue weighted by Gasteiger charge is 2.28. The quantitative estimate of drug-likeness (QED) is 0.851. The number of nitrogens with zero attached hydrogens (tertiary/aromatic N) is 2. The van der Waals surface area contributed by atoms with Crippen molar-refractivity contribution >= 4 is 5.91 Å². The van der Waals surface area contributed by atoms with Crippen molar-refractivity contribution in [1.29, 1.82) is 0 Å². The highest BCUT2D eigenvalue weighted by Crippen LogP contribution is 2.16. The molecule has 138 valence electrons. The van der Waals surface area contributed by atoms with Crippen LogP contribution in [0, 0.1) is 0 Å². The molecule has 0 spiro atoms. The first-order valence-electron chi connectivity index (χ1n) is 9.60. The molecule has 5 nitrogen and oxygen atoms in total. The van der Waals surface area contributed by atoms with Crippen LogP contribution in [-0.4, -0.2) is 65.2 Å². The standard InChI is InChI=1S/C20H31N3O2/c1-16(23-11-5-8-19(24)15-23)20(25)21-18-9-12-22(13-10-18)14-17-6-3-2-4-7-17/h2-4,6-7,16,18-19,24H,5,8-15H2,1H3,(H,21,25). The van der Waals surface area contributed by atoms with E-state index in [1.807, 2.05) is 13.0 Å². The Bertz CT molecular complexity index is 543. The van der Waals surface area contributed by atoms with Crippen molar-refractivity contribution in [3.63, 3.8) is 0 Å². The van der Waals surface area contributed by atoms with Gasteiger partial charge in [-0.05, 0) is 44.7 Å². The maximum Gasteiger partial charge on any atom is 0.237 e. The van der Waals surface area contributed by atoms with Crippen LogP contribution in [-0.2, 0) is 11.3 Å². The largest absolute Gasteiger partial charge is 0.392 e. The molecule has 1 amide bonds. The van der Waals surface area contributed by atoms with E-state index >= 15 is 0 Å². The van der Waals surface area contributed by atoms with E-state index in [1.165, 1.54) is 5.56 Å². The van der Waals surface area contributed by atoms with E-state index in [2.05, 4.69) is 39.4 Å². The number of carbonyl (C=O) groups is 1. The van der Waals surface area contributed by atoms with Gasteiger partial charge in [0.25, 0.3) is 0 Å². The van der Waals surface area contributed by atoms with Gasteiger partial charge in [-0.1, -0.05) is 30.3 Å². The van der Waals surface area contributed by atoms with Gasteiger partial charge in [0, 0.05) is 32.2 Å². The van der Waals surface area contributed by atoms with Crippen molar-refractivity contribution < 1.29 is 9.90 Å². The van der Waals surface area contributed by atoms with Crippen molar-refractivity contribution in [3.8, 4) is 0 Å². The third kappa shape index (κ3) is 5.27. The van der Waals surface area contributed by atoms with Crippen molar-refractivity contribution in [1.82, 2.24) is 15.1 Å². The van der Waals surface area contributed by atoms with Gasteiger partial charge in [-0.2, -0.15) is 0 Å². The van der Waals surface area contributed by atoms with Crippen LogP contribution >= 0.6 is 0 Å². The summed E-state index contributed by atoms with van der Waals surface area (Å²) >= 11 is 0. The number of hydrogen-bond donors (Lipinski definition) is 2. The van der Waals surface area contributed by atoms with E-state index in [4.69, 9.17) is 0 Å². The lowest BCUT2D eigenvalue weighted by Crippen LogP contribution is -2.53.